The summed E-state index contributed by atoms with van der Waals surface area (Å²) in [6, 6.07) is 3.11. The number of benzene rings is 1. The number of hydrogen-bond donors (Lipinski definition) is 1. The topological polar surface area (TPSA) is 121 Å². The maximum absolute atomic E-state index is 13.9. The second kappa shape index (κ2) is 14.6. The molecule has 1 unspecified atom stereocenters. The van der Waals surface area contributed by atoms with Crippen LogP contribution in [-0.4, -0.2) is 65.0 Å². The van der Waals surface area contributed by atoms with Gasteiger partial charge in [0, 0.05) is 31.7 Å². The van der Waals surface area contributed by atoms with Crippen LogP contribution in [0.5, 0.6) is 5.88 Å². The standard InChI is InChI=1S/C33H36F6N6O5/c1-4-23-14-26(28-25(8-9-27(42-28)49-3)45(23)31(48)50-5-2)44(17-19-11-21(32(34,35)36)13-22(12-19)33(37,38)39)30-40-15-24(16-41-30)43-10-6-7-20(18-43)29(46)47/h8-9,11-13,15-16,20,23,26H,4-7,10,14,17-18H2,1-3H3,(H,46,47)/t20?,23-,26+/m1/s1. The predicted octanol–water partition coefficient (Wildman–Crippen LogP) is 7.11. The molecule has 0 radical (unpaired) electrons. The van der Waals surface area contributed by atoms with Crippen LogP contribution in [-0.2, 0) is 28.4 Å². The zero-order valence-electron chi connectivity index (χ0n) is 27.5. The van der Waals surface area contributed by atoms with E-state index in [9.17, 15) is 41.0 Å². The van der Waals surface area contributed by atoms with Crippen LogP contribution in [0.2, 0.25) is 0 Å². The molecule has 2 aliphatic rings. The van der Waals surface area contributed by atoms with Gasteiger partial charge in [-0.15, -0.1) is 0 Å². The highest BCUT2D eigenvalue weighted by Crippen LogP contribution is 2.44. The van der Waals surface area contributed by atoms with Crippen molar-refractivity contribution in [1.82, 2.24) is 15.0 Å². The van der Waals surface area contributed by atoms with E-state index in [1.54, 1.807) is 13.0 Å². The number of halogens is 6. The van der Waals surface area contributed by atoms with Crippen molar-refractivity contribution in [3.63, 3.8) is 0 Å². The van der Waals surface area contributed by atoms with Gasteiger partial charge in [-0.3, -0.25) is 9.69 Å². The Morgan fingerprint density at radius 2 is 1.68 bits per heavy atom. The number of ether oxygens (including phenoxy) is 2. The lowest BCUT2D eigenvalue weighted by Crippen LogP contribution is -2.48. The number of amides is 1. The summed E-state index contributed by atoms with van der Waals surface area (Å²) < 4.78 is 94.0. The quantitative estimate of drug-likeness (QED) is 0.230. The van der Waals surface area contributed by atoms with E-state index >= 15 is 0 Å². The molecule has 1 amide bonds. The highest BCUT2D eigenvalue weighted by molar-refractivity contribution is 5.90. The van der Waals surface area contributed by atoms with E-state index in [-0.39, 0.29) is 48.7 Å². The SMILES string of the molecule is CCOC(=O)N1c2ccc(OC)nc2[C@@H](N(Cc2cc(C(F)(F)F)cc(C(F)(F)F)c2)c2ncc(N3CCCC(C(=O)O)C3)cn2)C[C@H]1CC. The number of aromatic nitrogens is 3. The van der Waals surface area contributed by atoms with E-state index in [2.05, 4.69) is 15.0 Å². The Kier molecular flexibility index (Phi) is 10.6. The monoisotopic (exact) mass is 710 g/mol. The average molecular weight is 711 g/mol. The van der Waals surface area contributed by atoms with E-state index < -0.39 is 60.1 Å². The van der Waals surface area contributed by atoms with Gasteiger partial charge in [-0.25, -0.2) is 19.7 Å². The van der Waals surface area contributed by atoms with E-state index in [0.29, 0.717) is 49.3 Å². The smallest absolute Gasteiger partial charge is 0.416 e. The fourth-order valence-corrected chi connectivity index (χ4v) is 6.41. The fourth-order valence-electron chi connectivity index (χ4n) is 6.41. The molecule has 5 rings (SSSR count). The number of carbonyl (C=O) groups excluding carboxylic acids is 1. The number of methoxy groups -OCH3 is 1. The first-order valence-electron chi connectivity index (χ1n) is 16.0. The van der Waals surface area contributed by atoms with Gasteiger partial charge in [0.1, 0.15) is 0 Å². The summed E-state index contributed by atoms with van der Waals surface area (Å²) in [5, 5.41) is 9.53. The Labute approximate surface area is 283 Å². The van der Waals surface area contributed by atoms with Gasteiger partial charge in [-0.1, -0.05) is 6.92 Å². The number of pyridine rings is 1. The first-order valence-corrected chi connectivity index (χ1v) is 16.0. The van der Waals surface area contributed by atoms with Gasteiger partial charge in [-0.05, 0) is 62.4 Å². The molecular formula is C33H36F6N6O5. The maximum atomic E-state index is 13.9. The highest BCUT2D eigenvalue weighted by Gasteiger charge is 2.42. The molecule has 17 heteroatoms. The first-order chi connectivity index (χ1) is 23.6. The lowest BCUT2D eigenvalue weighted by molar-refractivity contribution is -0.143. The van der Waals surface area contributed by atoms with Crippen molar-refractivity contribution < 1.29 is 50.5 Å². The Hall–Kier alpha value is -4.83. The molecule has 270 valence electrons. The van der Waals surface area contributed by atoms with Gasteiger partial charge in [0.15, 0.2) is 0 Å². The molecule has 1 N–H and O–H groups in total. The predicted molar refractivity (Wildman–Crippen MR) is 169 cm³/mol. The Morgan fingerprint density at radius 1 is 1.02 bits per heavy atom. The summed E-state index contributed by atoms with van der Waals surface area (Å²) in [5.41, 5.74) is -2.19. The van der Waals surface area contributed by atoms with Crippen LogP contribution in [0.1, 0.15) is 68.0 Å². The molecule has 1 saturated heterocycles. The number of rotatable bonds is 9. The van der Waals surface area contributed by atoms with Gasteiger partial charge in [0.25, 0.3) is 0 Å². The average Bonchev–Trinajstić information content (AvgIpc) is 3.09. The van der Waals surface area contributed by atoms with Crippen LogP contribution < -0.4 is 19.4 Å². The number of aliphatic carboxylic acids is 1. The number of carboxylic acid groups (broad SMARTS) is 1. The largest absolute Gasteiger partial charge is 0.481 e. The Morgan fingerprint density at radius 3 is 2.24 bits per heavy atom. The zero-order chi connectivity index (χ0) is 36.4. The van der Waals surface area contributed by atoms with Gasteiger partial charge < -0.3 is 24.4 Å². The van der Waals surface area contributed by atoms with Crippen LogP contribution in [0.3, 0.4) is 0 Å². The summed E-state index contributed by atoms with van der Waals surface area (Å²) in [4.78, 5) is 43.2. The van der Waals surface area contributed by atoms with Gasteiger partial charge in [0.2, 0.25) is 11.8 Å². The van der Waals surface area contributed by atoms with Gasteiger partial charge in [-0.2, -0.15) is 26.3 Å². The molecule has 0 saturated carbocycles. The number of hydrogen-bond acceptors (Lipinski definition) is 9. The van der Waals surface area contributed by atoms with Crippen LogP contribution >= 0.6 is 0 Å². The minimum absolute atomic E-state index is 0.0356. The third-order valence-electron chi connectivity index (χ3n) is 8.85. The fraction of sp³-hybridized carbons (Fsp3) is 0.485. The Bertz CT molecular complexity index is 1660. The molecule has 4 heterocycles. The molecule has 11 nitrogen and oxygen atoms in total. The summed E-state index contributed by atoms with van der Waals surface area (Å²) in [5.74, 6) is -1.41. The molecule has 0 aliphatic carbocycles. The van der Waals surface area contributed by atoms with Crippen LogP contribution in [0, 0.1) is 5.92 Å². The van der Waals surface area contributed by atoms with Crippen molar-refractivity contribution in [2.24, 2.45) is 5.92 Å². The molecule has 2 aliphatic heterocycles. The zero-order valence-corrected chi connectivity index (χ0v) is 27.5. The van der Waals surface area contributed by atoms with Gasteiger partial charge >= 0.3 is 24.4 Å². The number of fused-ring (bicyclic) bond motifs is 1. The van der Waals surface area contributed by atoms with E-state index in [1.807, 2.05) is 11.8 Å². The third-order valence-corrected chi connectivity index (χ3v) is 8.85. The van der Waals surface area contributed by atoms with Crippen molar-refractivity contribution in [2.75, 3.05) is 41.5 Å². The van der Waals surface area contributed by atoms with Crippen LogP contribution in [0.25, 0.3) is 0 Å². The highest BCUT2D eigenvalue weighted by atomic mass is 19.4. The number of piperidine rings is 1. The van der Waals surface area contributed by atoms with Crippen LogP contribution in [0.15, 0.2) is 42.7 Å². The maximum Gasteiger partial charge on any atom is 0.416 e. The molecule has 0 spiro atoms. The number of anilines is 3. The van der Waals surface area contributed by atoms with E-state index in [0.717, 1.165) is 0 Å². The van der Waals surface area contributed by atoms with Crippen molar-refractivity contribution in [1.29, 1.82) is 0 Å². The minimum Gasteiger partial charge on any atom is -0.481 e. The van der Waals surface area contributed by atoms with E-state index in [1.165, 1.54) is 35.4 Å². The molecule has 2 aromatic heterocycles. The van der Waals surface area contributed by atoms with Gasteiger partial charge in [0.05, 0.1) is 66.3 Å². The van der Waals surface area contributed by atoms with Crippen molar-refractivity contribution >= 4 is 29.4 Å². The lowest BCUT2D eigenvalue weighted by atomic mass is 9.92. The second-order valence-corrected chi connectivity index (χ2v) is 12.0. The lowest BCUT2D eigenvalue weighted by Gasteiger charge is -2.43. The molecule has 50 heavy (non-hydrogen) atoms. The molecular weight excluding hydrogens is 674 g/mol. The molecule has 0 bridgehead atoms. The third kappa shape index (κ3) is 7.81. The first kappa shape index (κ1) is 36.5. The molecule has 3 aromatic rings. The molecule has 3 atom stereocenters. The molecule has 1 aromatic carbocycles. The minimum atomic E-state index is -5.07. The summed E-state index contributed by atoms with van der Waals surface area (Å²) in [7, 11) is 1.38. The van der Waals surface area contributed by atoms with E-state index in [4.69, 9.17) is 9.47 Å². The number of nitrogens with zero attached hydrogens (tertiary/aromatic N) is 6. The summed E-state index contributed by atoms with van der Waals surface area (Å²) >= 11 is 0. The summed E-state index contributed by atoms with van der Waals surface area (Å²) in [6.07, 6.45) is -6.23. The number of carboxylic acids is 1. The van der Waals surface area contributed by atoms with Crippen molar-refractivity contribution in [3.05, 3.63) is 65.1 Å². The Balaban J connectivity index is 1.65. The number of alkyl halides is 6. The van der Waals surface area contributed by atoms with Crippen molar-refractivity contribution in [2.45, 2.75) is 70.5 Å². The van der Waals surface area contributed by atoms with Crippen LogP contribution in [0.4, 0.5) is 48.5 Å². The van der Waals surface area contributed by atoms with Crippen molar-refractivity contribution in [3.8, 4) is 5.88 Å². The normalized spacial score (nSPS) is 19.5. The second-order valence-electron chi connectivity index (χ2n) is 12.0. The molecule has 1 fully saturated rings. The summed E-state index contributed by atoms with van der Waals surface area (Å²) in [6.45, 7) is 3.82. The number of carbonyl (C=O) groups is 2.